The van der Waals surface area contributed by atoms with Crippen LogP contribution in [0.2, 0.25) is 5.02 Å². The van der Waals surface area contributed by atoms with Crippen molar-refractivity contribution >= 4 is 17.5 Å². The van der Waals surface area contributed by atoms with E-state index in [1.807, 2.05) is 6.92 Å². The highest BCUT2D eigenvalue weighted by atomic mass is 35.5. The Balaban J connectivity index is 1.99. The second-order valence-electron chi connectivity index (χ2n) is 5.24. The molecule has 1 aromatic rings. The topological polar surface area (TPSA) is 38.3 Å². The van der Waals surface area contributed by atoms with Crippen LogP contribution >= 0.6 is 11.6 Å². The Hall–Kier alpha value is -1.22. The molecule has 0 aliphatic heterocycles. The van der Waals surface area contributed by atoms with Crippen molar-refractivity contribution in [1.29, 1.82) is 0 Å². The number of carbonyl (C=O) groups is 1. The molecule has 0 heterocycles. The SMILES string of the molecule is CCOc1ccc(C(=O)NC2CCCCCC2)cc1Cl. The lowest BCUT2D eigenvalue weighted by Gasteiger charge is -2.16. The van der Waals surface area contributed by atoms with Gasteiger partial charge in [-0.25, -0.2) is 0 Å². The molecule has 0 spiro atoms. The Labute approximate surface area is 125 Å². The zero-order chi connectivity index (χ0) is 14.4. The normalized spacial score (nSPS) is 16.5. The summed E-state index contributed by atoms with van der Waals surface area (Å²) in [6.07, 6.45) is 7.12. The molecule has 1 saturated carbocycles. The van der Waals surface area contributed by atoms with Gasteiger partial charge in [0, 0.05) is 11.6 Å². The van der Waals surface area contributed by atoms with E-state index in [0.29, 0.717) is 29.0 Å². The van der Waals surface area contributed by atoms with Crippen molar-refractivity contribution in [3.63, 3.8) is 0 Å². The van der Waals surface area contributed by atoms with Gasteiger partial charge in [0.05, 0.1) is 11.6 Å². The number of hydrogen-bond acceptors (Lipinski definition) is 2. The van der Waals surface area contributed by atoms with Crippen LogP contribution in [0, 0.1) is 0 Å². The Bertz CT molecular complexity index is 454. The summed E-state index contributed by atoms with van der Waals surface area (Å²) in [7, 11) is 0. The maximum absolute atomic E-state index is 12.2. The summed E-state index contributed by atoms with van der Waals surface area (Å²) in [6.45, 7) is 2.47. The predicted molar refractivity (Wildman–Crippen MR) is 81.6 cm³/mol. The van der Waals surface area contributed by atoms with Crippen LogP contribution in [0.1, 0.15) is 55.8 Å². The number of benzene rings is 1. The van der Waals surface area contributed by atoms with Crippen LogP contribution in [-0.2, 0) is 0 Å². The maximum Gasteiger partial charge on any atom is 0.251 e. The second-order valence-corrected chi connectivity index (χ2v) is 5.65. The number of nitrogens with one attached hydrogen (secondary N) is 1. The van der Waals surface area contributed by atoms with Gasteiger partial charge < -0.3 is 10.1 Å². The monoisotopic (exact) mass is 295 g/mol. The Morgan fingerprint density at radius 1 is 1.30 bits per heavy atom. The summed E-state index contributed by atoms with van der Waals surface area (Å²) in [5.41, 5.74) is 0.600. The van der Waals surface area contributed by atoms with Gasteiger partial charge in [-0.15, -0.1) is 0 Å². The van der Waals surface area contributed by atoms with Gasteiger partial charge in [0.25, 0.3) is 5.91 Å². The van der Waals surface area contributed by atoms with Crippen molar-refractivity contribution in [3.8, 4) is 5.75 Å². The molecular formula is C16H22ClNO2. The number of carbonyl (C=O) groups excluding carboxylic acids is 1. The average Bonchev–Trinajstić information content (AvgIpc) is 2.70. The lowest BCUT2D eigenvalue weighted by atomic mass is 10.1. The van der Waals surface area contributed by atoms with Gasteiger partial charge in [0.1, 0.15) is 5.75 Å². The van der Waals surface area contributed by atoms with Gasteiger partial charge >= 0.3 is 0 Å². The summed E-state index contributed by atoms with van der Waals surface area (Å²) < 4.78 is 5.37. The zero-order valence-corrected chi connectivity index (χ0v) is 12.7. The molecule has 1 aromatic carbocycles. The molecule has 0 unspecified atom stereocenters. The molecule has 1 aliphatic carbocycles. The molecule has 4 heteroatoms. The lowest BCUT2D eigenvalue weighted by molar-refractivity contribution is 0.0933. The molecular weight excluding hydrogens is 274 g/mol. The first-order valence-corrected chi connectivity index (χ1v) is 7.81. The molecule has 0 aromatic heterocycles. The van der Waals surface area contributed by atoms with Gasteiger partial charge in [0.2, 0.25) is 0 Å². The summed E-state index contributed by atoms with van der Waals surface area (Å²) in [6, 6.07) is 5.50. The third kappa shape index (κ3) is 4.14. The van der Waals surface area contributed by atoms with Crippen molar-refractivity contribution in [2.75, 3.05) is 6.61 Å². The zero-order valence-electron chi connectivity index (χ0n) is 12.0. The van der Waals surface area contributed by atoms with Gasteiger partial charge in [-0.1, -0.05) is 37.3 Å². The maximum atomic E-state index is 12.2. The molecule has 0 saturated heterocycles. The molecule has 1 amide bonds. The van der Waals surface area contributed by atoms with Gasteiger partial charge in [-0.2, -0.15) is 0 Å². The molecule has 2 rings (SSSR count). The summed E-state index contributed by atoms with van der Waals surface area (Å²) in [5, 5.41) is 3.60. The first kappa shape index (κ1) is 15.2. The first-order chi connectivity index (χ1) is 9.70. The van der Waals surface area contributed by atoms with Crippen LogP contribution in [-0.4, -0.2) is 18.6 Å². The van der Waals surface area contributed by atoms with Crippen molar-refractivity contribution in [3.05, 3.63) is 28.8 Å². The van der Waals surface area contributed by atoms with Gasteiger partial charge in [0.15, 0.2) is 0 Å². The van der Waals surface area contributed by atoms with E-state index >= 15 is 0 Å². The largest absolute Gasteiger partial charge is 0.492 e. The van der Waals surface area contributed by atoms with Crippen LogP contribution in [0.5, 0.6) is 5.75 Å². The van der Waals surface area contributed by atoms with E-state index in [1.54, 1.807) is 18.2 Å². The minimum atomic E-state index is -0.0400. The molecule has 3 nitrogen and oxygen atoms in total. The fourth-order valence-electron chi connectivity index (χ4n) is 2.61. The number of ether oxygens (including phenoxy) is 1. The molecule has 1 fully saturated rings. The quantitative estimate of drug-likeness (QED) is 0.846. The Morgan fingerprint density at radius 3 is 2.60 bits per heavy atom. The van der Waals surface area contributed by atoms with Crippen LogP contribution in [0.15, 0.2) is 18.2 Å². The minimum absolute atomic E-state index is 0.0400. The van der Waals surface area contributed by atoms with E-state index in [4.69, 9.17) is 16.3 Å². The molecule has 1 N–H and O–H groups in total. The highest BCUT2D eigenvalue weighted by Crippen LogP contribution is 2.25. The van der Waals surface area contributed by atoms with Crippen LogP contribution < -0.4 is 10.1 Å². The third-order valence-electron chi connectivity index (χ3n) is 3.68. The summed E-state index contributed by atoms with van der Waals surface area (Å²) >= 11 is 6.12. The highest BCUT2D eigenvalue weighted by Gasteiger charge is 2.16. The lowest BCUT2D eigenvalue weighted by Crippen LogP contribution is -2.34. The predicted octanol–water partition coefficient (Wildman–Crippen LogP) is 4.19. The smallest absolute Gasteiger partial charge is 0.251 e. The van der Waals surface area contributed by atoms with Crippen LogP contribution in [0.4, 0.5) is 0 Å². The molecule has 20 heavy (non-hydrogen) atoms. The van der Waals surface area contributed by atoms with Gasteiger partial charge in [-0.3, -0.25) is 4.79 Å². The van der Waals surface area contributed by atoms with Crippen molar-refractivity contribution in [2.45, 2.75) is 51.5 Å². The number of hydrogen-bond donors (Lipinski definition) is 1. The first-order valence-electron chi connectivity index (χ1n) is 7.44. The molecule has 0 bridgehead atoms. The van der Waals surface area contributed by atoms with Crippen molar-refractivity contribution < 1.29 is 9.53 Å². The standard InChI is InChI=1S/C16H22ClNO2/c1-2-20-15-10-9-12(11-14(15)17)16(19)18-13-7-5-3-4-6-8-13/h9-11,13H,2-8H2,1H3,(H,18,19). The van der Waals surface area contributed by atoms with Crippen LogP contribution in [0.3, 0.4) is 0 Å². The molecule has 0 radical (unpaired) electrons. The number of rotatable bonds is 4. The highest BCUT2D eigenvalue weighted by molar-refractivity contribution is 6.32. The molecule has 110 valence electrons. The number of amides is 1. The second kappa shape index (κ2) is 7.53. The fourth-order valence-corrected chi connectivity index (χ4v) is 2.84. The van der Waals surface area contributed by atoms with E-state index in [0.717, 1.165) is 12.8 Å². The van der Waals surface area contributed by atoms with E-state index < -0.39 is 0 Å². The fraction of sp³-hybridized carbons (Fsp3) is 0.562. The van der Waals surface area contributed by atoms with Gasteiger partial charge in [-0.05, 0) is 38.0 Å². The van der Waals surface area contributed by atoms with E-state index in [9.17, 15) is 4.79 Å². The van der Waals surface area contributed by atoms with Crippen molar-refractivity contribution in [2.24, 2.45) is 0 Å². The number of halogens is 1. The third-order valence-corrected chi connectivity index (χ3v) is 3.98. The van der Waals surface area contributed by atoms with Crippen molar-refractivity contribution in [1.82, 2.24) is 5.32 Å². The minimum Gasteiger partial charge on any atom is -0.492 e. The van der Waals surface area contributed by atoms with Crippen LogP contribution in [0.25, 0.3) is 0 Å². The van der Waals surface area contributed by atoms with E-state index in [2.05, 4.69) is 5.32 Å². The molecule has 1 aliphatic rings. The summed E-state index contributed by atoms with van der Waals surface area (Å²) in [4.78, 5) is 12.2. The van der Waals surface area contributed by atoms with E-state index in [-0.39, 0.29) is 5.91 Å². The Morgan fingerprint density at radius 2 is 2.00 bits per heavy atom. The summed E-state index contributed by atoms with van der Waals surface area (Å²) in [5.74, 6) is 0.585. The average molecular weight is 296 g/mol. The molecule has 0 atom stereocenters. The Kier molecular flexibility index (Phi) is 5.72. The van der Waals surface area contributed by atoms with E-state index in [1.165, 1.54) is 25.7 Å².